The van der Waals surface area contributed by atoms with E-state index in [0.717, 1.165) is 6.07 Å². The van der Waals surface area contributed by atoms with Gasteiger partial charge >= 0.3 is 0 Å². The van der Waals surface area contributed by atoms with E-state index in [9.17, 15) is 14.9 Å². The summed E-state index contributed by atoms with van der Waals surface area (Å²) in [6, 6.07) is 3.76. The fourth-order valence-corrected chi connectivity index (χ4v) is 1.88. The van der Waals surface area contributed by atoms with Crippen molar-refractivity contribution in [2.75, 3.05) is 26.3 Å². The van der Waals surface area contributed by atoms with Crippen LogP contribution in [0.15, 0.2) is 18.2 Å². The van der Waals surface area contributed by atoms with Crippen LogP contribution in [0.3, 0.4) is 0 Å². The average Bonchev–Trinajstić information content (AvgIpc) is 2.40. The fraction of sp³-hybridized carbons (Fsp3) is 0.364. The normalized spacial score (nSPS) is 16.1. The molecule has 102 valence electrons. The summed E-state index contributed by atoms with van der Waals surface area (Å²) < 4.78 is 5.15. The molecule has 0 atom stereocenters. The Bertz CT molecular complexity index is 503. The van der Waals surface area contributed by atoms with Crippen LogP contribution in [0, 0.1) is 10.1 Å². The van der Waals surface area contributed by atoms with Gasteiger partial charge in [-0.2, -0.15) is 0 Å². The minimum Gasteiger partial charge on any atom is -0.379 e. The lowest BCUT2D eigenvalue weighted by Gasteiger charge is -2.27. The first-order valence-electron chi connectivity index (χ1n) is 5.65. The van der Waals surface area contributed by atoms with Crippen LogP contribution < -0.4 is 5.43 Å². The number of halogens is 1. The van der Waals surface area contributed by atoms with Gasteiger partial charge in [0.1, 0.15) is 0 Å². The second-order valence-corrected chi connectivity index (χ2v) is 4.37. The molecule has 1 aromatic rings. The highest BCUT2D eigenvalue weighted by molar-refractivity contribution is 6.33. The van der Waals surface area contributed by atoms with Crippen LogP contribution in [0.2, 0.25) is 5.02 Å². The van der Waals surface area contributed by atoms with Crippen molar-refractivity contribution in [3.63, 3.8) is 0 Å². The molecule has 1 aromatic carbocycles. The van der Waals surface area contributed by atoms with E-state index in [2.05, 4.69) is 5.43 Å². The SMILES string of the molecule is O=C(NN1CCOCC1)c1cc([N+](=O)[O-])ccc1Cl. The minimum atomic E-state index is -0.568. The predicted octanol–water partition coefficient (Wildman–Crippen LogP) is 1.23. The van der Waals surface area contributed by atoms with E-state index in [4.69, 9.17) is 16.3 Å². The number of carbonyl (C=O) groups excluding carboxylic acids is 1. The number of hydrogen-bond donors (Lipinski definition) is 1. The summed E-state index contributed by atoms with van der Waals surface area (Å²) >= 11 is 5.89. The Kier molecular flexibility index (Phi) is 4.31. The van der Waals surface area contributed by atoms with Crippen molar-refractivity contribution in [3.05, 3.63) is 38.9 Å². The number of nitrogens with one attached hydrogen (secondary N) is 1. The first kappa shape index (κ1) is 13.7. The second-order valence-electron chi connectivity index (χ2n) is 3.96. The molecule has 0 spiro atoms. The number of nitrogens with zero attached hydrogens (tertiary/aromatic N) is 2. The highest BCUT2D eigenvalue weighted by Crippen LogP contribution is 2.22. The molecule has 1 heterocycles. The standard InChI is InChI=1S/C11H12ClN3O4/c12-10-2-1-8(15(17)18)7-9(10)11(16)13-14-3-5-19-6-4-14/h1-2,7H,3-6H2,(H,13,16). The van der Waals surface area contributed by atoms with Crippen LogP contribution in [0.1, 0.15) is 10.4 Å². The molecule has 1 saturated heterocycles. The minimum absolute atomic E-state index is 0.0855. The largest absolute Gasteiger partial charge is 0.379 e. The van der Waals surface area contributed by atoms with E-state index >= 15 is 0 Å². The average molecular weight is 286 g/mol. The highest BCUT2D eigenvalue weighted by Gasteiger charge is 2.19. The number of morpholine rings is 1. The maximum absolute atomic E-state index is 12.0. The number of ether oxygens (including phenoxy) is 1. The predicted molar refractivity (Wildman–Crippen MR) is 68.0 cm³/mol. The van der Waals surface area contributed by atoms with Gasteiger partial charge in [-0.25, -0.2) is 5.01 Å². The van der Waals surface area contributed by atoms with Crippen molar-refractivity contribution in [2.45, 2.75) is 0 Å². The van der Waals surface area contributed by atoms with Crippen molar-refractivity contribution in [3.8, 4) is 0 Å². The van der Waals surface area contributed by atoms with E-state index in [0.29, 0.717) is 26.3 Å². The van der Waals surface area contributed by atoms with Crippen LogP contribution in [0.4, 0.5) is 5.69 Å². The summed E-state index contributed by atoms with van der Waals surface area (Å²) in [4.78, 5) is 22.1. The van der Waals surface area contributed by atoms with E-state index in [1.54, 1.807) is 5.01 Å². The zero-order valence-corrected chi connectivity index (χ0v) is 10.7. The van der Waals surface area contributed by atoms with E-state index in [1.165, 1.54) is 12.1 Å². The lowest BCUT2D eigenvalue weighted by atomic mass is 10.2. The quantitative estimate of drug-likeness (QED) is 0.667. The number of rotatable bonds is 3. The molecule has 0 aromatic heterocycles. The zero-order chi connectivity index (χ0) is 13.8. The van der Waals surface area contributed by atoms with Gasteiger partial charge in [-0.3, -0.25) is 20.3 Å². The van der Waals surface area contributed by atoms with E-state index in [-0.39, 0.29) is 16.3 Å². The molecule has 0 bridgehead atoms. The number of nitro benzene ring substituents is 1. The van der Waals surface area contributed by atoms with Gasteiger partial charge in [-0.1, -0.05) is 11.6 Å². The molecule has 1 aliphatic heterocycles. The van der Waals surface area contributed by atoms with Gasteiger partial charge in [-0.05, 0) is 6.07 Å². The molecular weight excluding hydrogens is 274 g/mol. The van der Waals surface area contributed by atoms with Gasteiger partial charge in [0.2, 0.25) is 0 Å². The summed E-state index contributed by atoms with van der Waals surface area (Å²) in [5, 5.41) is 12.6. The van der Waals surface area contributed by atoms with Crippen LogP contribution in [0.25, 0.3) is 0 Å². The molecule has 0 unspecified atom stereocenters. The Morgan fingerprint density at radius 2 is 2.11 bits per heavy atom. The molecule has 8 heteroatoms. The summed E-state index contributed by atoms with van der Waals surface area (Å²) in [7, 11) is 0. The summed E-state index contributed by atoms with van der Waals surface area (Å²) in [6.45, 7) is 2.20. The van der Waals surface area contributed by atoms with Gasteiger partial charge in [0.05, 0.1) is 28.7 Å². The number of carbonyl (C=O) groups is 1. The van der Waals surface area contributed by atoms with Crippen LogP contribution in [-0.4, -0.2) is 42.1 Å². The summed E-state index contributed by atoms with van der Waals surface area (Å²) in [5.41, 5.74) is 2.57. The molecule has 0 aliphatic carbocycles. The number of benzene rings is 1. The molecule has 7 nitrogen and oxygen atoms in total. The molecule has 19 heavy (non-hydrogen) atoms. The molecular formula is C11H12ClN3O4. The Hall–Kier alpha value is -1.70. The number of amides is 1. The van der Waals surface area contributed by atoms with E-state index in [1.807, 2.05) is 0 Å². The second kappa shape index (κ2) is 5.96. The van der Waals surface area contributed by atoms with Gasteiger partial charge in [0.15, 0.2) is 0 Å². The first-order valence-corrected chi connectivity index (χ1v) is 6.03. The molecule has 1 aliphatic rings. The lowest BCUT2D eigenvalue weighted by molar-refractivity contribution is -0.384. The number of hydrazine groups is 1. The number of hydrogen-bond acceptors (Lipinski definition) is 5. The fourth-order valence-electron chi connectivity index (χ4n) is 1.68. The smallest absolute Gasteiger partial charge is 0.270 e. The lowest BCUT2D eigenvalue weighted by Crippen LogP contribution is -2.48. The molecule has 1 amide bonds. The first-order chi connectivity index (χ1) is 9.08. The maximum Gasteiger partial charge on any atom is 0.270 e. The topological polar surface area (TPSA) is 84.7 Å². The number of nitro groups is 1. The Balaban J connectivity index is 2.13. The van der Waals surface area contributed by atoms with Crippen LogP contribution in [0.5, 0.6) is 0 Å². The summed E-state index contributed by atoms with van der Waals surface area (Å²) in [6.07, 6.45) is 0. The Labute approximate surface area is 114 Å². The molecule has 2 rings (SSSR count). The monoisotopic (exact) mass is 285 g/mol. The van der Waals surface area contributed by atoms with Crippen molar-refractivity contribution < 1.29 is 14.5 Å². The van der Waals surface area contributed by atoms with Gasteiger partial charge in [0.25, 0.3) is 11.6 Å². The van der Waals surface area contributed by atoms with Crippen molar-refractivity contribution in [1.82, 2.24) is 10.4 Å². The zero-order valence-electron chi connectivity index (χ0n) is 9.97. The van der Waals surface area contributed by atoms with Crippen LogP contribution in [-0.2, 0) is 4.74 Å². The van der Waals surface area contributed by atoms with Crippen molar-refractivity contribution in [2.24, 2.45) is 0 Å². The summed E-state index contributed by atoms with van der Waals surface area (Å²) in [5.74, 6) is -0.462. The maximum atomic E-state index is 12.0. The van der Waals surface area contributed by atoms with Gasteiger partial charge in [-0.15, -0.1) is 0 Å². The third kappa shape index (κ3) is 3.40. The van der Waals surface area contributed by atoms with Crippen LogP contribution >= 0.6 is 11.6 Å². The number of non-ortho nitro benzene ring substituents is 1. The molecule has 0 saturated carbocycles. The molecule has 1 fully saturated rings. The van der Waals surface area contributed by atoms with Crippen molar-refractivity contribution in [1.29, 1.82) is 0 Å². The third-order valence-electron chi connectivity index (χ3n) is 2.68. The highest BCUT2D eigenvalue weighted by atomic mass is 35.5. The van der Waals surface area contributed by atoms with Gasteiger partial charge < -0.3 is 4.74 Å². The van der Waals surface area contributed by atoms with E-state index < -0.39 is 10.8 Å². The molecule has 1 N–H and O–H groups in total. The van der Waals surface area contributed by atoms with Crippen molar-refractivity contribution >= 4 is 23.2 Å². The Morgan fingerprint density at radius 3 is 2.74 bits per heavy atom. The Morgan fingerprint density at radius 1 is 1.42 bits per heavy atom. The third-order valence-corrected chi connectivity index (χ3v) is 3.01. The molecule has 0 radical (unpaired) electrons. The van der Waals surface area contributed by atoms with Gasteiger partial charge in [0, 0.05) is 25.2 Å².